The molecule has 1 unspecified atom stereocenters. The van der Waals surface area contributed by atoms with Crippen molar-refractivity contribution in [3.63, 3.8) is 0 Å². The number of H-pyrrole nitrogens is 1. The second-order valence-corrected chi connectivity index (χ2v) is 6.49. The molecule has 0 aliphatic carbocycles. The van der Waals surface area contributed by atoms with Crippen LogP contribution in [-0.4, -0.2) is 13.7 Å². The minimum absolute atomic E-state index is 0.498. The number of anilines is 1. The molecule has 0 amide bonds. The van der Waals surface area contributed by atoms with Gasteiger partial charge in [-0.25, -0.2) is 0 Å². The van der Waals surface area contributed by atoms with Crippen LogP contribution in [0.3, 0.4) is 0 Å². The van der Waals surface area contributed by atoms with Gasteiger partial charge in [-0.05, 0) is 17.5 Å². The molecule has 4 rings (SSSR count). The van der Waals surface area contributed by atoms with Gasteiger partial charge in [0, 0.05) is 43.4 Å². The van der Waals surface area contributed by atoms with Crippen LogP contribution in [0.2, 0.25) is 0 Å². The van der Waals surface area contributed by atoms with Crippen LogP contribution < -0.4 is 4.72 Å². The highest BCUT2D eigenvalue weighted by atomic mass is 32.2. The number of fused-ring (bicyclic) bond motifs is 2. The van der Waals surface area contributed by atoms with E-state index in [1.54, 1.807) is 11.3 Å². The maximum atomic E-state index is 11.1. The van der Waals surface area contributed by atoms with Gasteiger partial charge < -0.3 is 14.3 Å². The fraction of sp³-hybridized carbons (Fsp3) is 0. The van der Waals surface area contributed by atoms with Crippen molar-refractivity contribution < 1.29 is 8.76 Å². The largest absolute Gasteiger partial charge is 0.755 e. The van der Waals surface area contributed by atoms with E-state index in [-0.39, 0.29) is 0 Å². The van der Waals surface area contributed by atoms with Gasteiger partial charge in [0.2, 0.25) is 0 Å². The van der Waals surface area contributed by atoms with Crippen LogP contribution >= 0.6 is 11.3 Å². The molecular weight excluding hydrogens is 316 g/mol. The minimum atomic E-state index is -2.38. The Hall–Kier alpha value is -2.15. The fourth-order valence-electron chi connectivity index (χ4n) is 2.75. The predicted molar refractivity (Wildman–Crippen MR) is 91.7 cm³/mol. The molecule has 6 heteroatoms. The Bertz CT molecular complexity index is 1000. The average Bonchev–Trinajstić information content (AvgIpc) is 3.07. The van der Waals surface area contributed by atoms with E-state index in [1.807, 2.05) is 36.4 Å². The SMILES string of the molecule is O=S([O-])Nc1[nH]c2ccccc2c1-c1csc2ccccc12. The molecule has 0 aliphatic heterocycles. The van der Waals surface area contributed by atoms with Crippen molar-refractivity contribution >= 4 is 49.4 Å². The van der Waals surface area contributed by atoms with Crippen molar-refractivity contribution in [3.05, 3.63) is 53.9 Å². The van der Waals surface area contributed by atoms with Crippen molar-refractivity contribution in [2.75, 3.05) is 4.72 Å². The summed E-state index contributed by atoms with van der Waals surface area (Å²) >= 11 is -0.724. The summed E-state index contributed by atoms with van der Waals surface area (Å²) in [7, 11) is 0. The molecule has 0 saturated carbocycles. The first-order chi connectivity index (χ1) is 10.7. The summed E-state index contributed by atoms with van der Waals surface area (Å²) in [6.45, 7) is 0. The quantitative estimate of drug-likeness (QED) is 0.552. The zero-order valence-electron chi connectivity index (χ0n) is 11.3. The Morgan fingerprint density at radius 3 is 2.59 bits per heavy atom. The number of rotatable bonds is 3. The number of hydrogen-bond donors (Lipinski definition) is 2. The Labute approximate surface area is 133 Å². The molecule has 0 saturated heterocycles. The molecule has 22 heavy (non-hydrogen) atoms. The van der Waals surface area contributed by atoms with Crippen molar-refractivity contribution in [2.45, 2.75) is 0 Å². The van der Waals surface area contributed by atoms with Crippen LogP contribution in [0.15, 0.2) is 53.9 Å². The number of aromatic amines is 1. The molecule has 2 aromatic carbocycles. The fourth-order valence-corrected chi connectivity index (χ4v) is 4.02. The van der Waals surface area contributed by atoms with Gasteiger partial charge in [0.05, 0.1) is 0 Å². The molecule has 2 N–H and O–H groups in total. The summed E-state index contributed by atoms with van der Waals surface area (Å²) < 4.78 is 25.9. The number of benzene rings is 2. The van der Waals surface area contributed by atoms with Crippen LogP contribution in [0.25, 0.3) is 32.1 Å². The summed E-state index contributed by atoms with van der Waals surface area (Å²) in [5.41, 5.74) is 2.82. The average molecular weight is 327 g/mol. The van der Waals surface area contributed by atoms with Gasteiger partial charge in [0.25, 0.3) is 0 Å². The van der Waals surface area contributed by atoms with Gasteiger partial charge in [0.1, 0.15) is 5.82 Å². The van der Waals surface area contributed by atoms with Crippen molar-refractivity contribution in [2.24, 2.45) is 0 Å². The number of thiophene rings is 1. The maximum Gasteiger partial charge on any atom is 0.123 e. The van der Waals surface area contributed by atoms with Gasteiger partial charge >= 0.3 is 0 Å². The van der Waals surface area contributed by atoms with E-state index in [9.17, 15) is 8.76 Å². The first-order valence-electron chi connectivity index (χ1n) is 6.67. The Morgan fingerprint density at radius 2 is 1.77 bits per heavy atom. The molecule has 0 aliphatic rings. The lowest BCUT2D eigenvalue weighted by molar-refractivity contribution is 0.542. The highest BCUT2D eigenvalue weighted by Crippen LogP contribution is 2.41. The molecule has 0 spiro atoms. The first-order valence-corrected chi connectivity index (χ1v) is 8.63. The van der Waals surface area contributed by atoms with Gasteiger partial charge in [-0.2, -0.15) is 0 Å². The maximum absolute atomic E-state index is 11.1. The lowest BCUT2D eigenvalue weighted by atomic mass is 10.0. The molecule has 2 heterocycles. The third kappa shape index (κ3) is 2.12. The van der Waals surface area contributed by atoms with E-state index in [0.717, 1.165) is 27.4 Å². The Balaban J connectivity index is 2.06. The normalized spacial score (nSPS) is 12.8. The van der Waals surface area contributed by atoms with E-state index in [4.69, 9.17) is 0 Å². The molecule has 0 fully saturated rings. The predicted octanol–water partition coefficient (Wildman–Crippen LogP) is 4.26. The van der Waals surface area contributed by atoms with Crippen LogP contribution in [0, 0.1) is 0 Å². The van der Waals surface area contributed by atoms with E-state index in [0.29, 0.717) is 5.82 Å². The van der Waals surface area contributed by atoms with Crippen molar-refractivity contribution in [3.8, 4) is 11.1 Å². The second-order valence-electron chi connectivity index (χ2n) is 4.90. The number of nitrogens with one attached hydrogen (secondary N) is 2. The Morgan fingerprint density at radius 1 is 1.05 bits per heavy atom. The van der Waals surface area contributed by atoms with E-state index >= 15 is 0 Å². The van der Waals surface area contributed by atoms with Crippen molar-refractivity contribution in [1.82, 2.24) is 4.98 Å². The van der Waals surface area contributed by atoms with Crippen LogP contribution in [0.5, 0.6) is 0 Å². The van der Waals surface area contributed by atoms with Gasteiger partial charge in [-0.3, -0.25) is 4.21 Å². The van der Waals surface area contributed by atoms with Crippen molar-refractivity contribution in [1.29, 1.82) is 0 Å². The van der Waals surface area contributed by atoms with E-state index < -0.39 is 11.3 Å². The standard InChI is InChI=1S/C16H12N2O2S2/c19-22(20)18-16-15(11-6-1-3-7-13(11)17-16)12-9-21-14-8-4-2-5-10(12)14/h1-9,17-18H,(H,19,20)/p-1. The van der Waals surface area contributed by atoms with Crippen LogP contribution in [0.4, 0.5) is 5.82 Å². The molecule has 110 valence electrons. The van der Waals surface area contributed by atoms with E-state index in [2.05, 4.69) is 27.2 Å². The van der Waals surface area contributed by atoms with E-state index in [1.165, 1.54) is 4.70 Å². The summed E-state index contributed by atoms with van der Waals surface area (Å²) in [5.74, 6) is 0.498. The zero-order valence-corrected chi connectivity index (χ0v) is 13.0. The molecule has 0 bridgehead atoms. The molecule has 0 radical (unpaired) electrons. The monoisotopic (exact) mass is 327 g/mol. The molecule has 2 aromatic heterocycles. The molecule has 4 aromatic rings. The first kappa shape index (κ1) is 13.5. The summed E-state index contributed by atoms with van der Waals surface area (Å²) in [4.78, 5) is 3.15. The second kappa shape index (κ2) is 5.24. The van der Waals surface area contributed by atoms with Crippen LogP contribution in [0.1, 0.15) is 0 Å². The minimum Gasteiger partial charge on any atom is -0.755 e. The molecular formula is C16H11N2O2S2-. The topological polar surface area (TPSA) is 67.9 Å². The summed E-state index contributed by atoms with van der Waals surface area (Å²) in [6, 6.07) is 15.9. The highest BCUT2D eigenvalue weighted by Gasteiger charge is 2.16. The molecule has 4 nitrogen and oxygen atoms in total. The third-order valence-electron chi connectivity index (χ3n) is 3.64. The number of para-hydroxylation sites is 1. The Kier molecular flexibility index (Phi) is 3.22. The van der Waals surface area contributed by atoms with Gasteiger partial charge in [0.15, 0.2) is 0 Å². The smallest absolute Gasteiger partial charge is 0.123 e. The van der Waals surface area contributed by atoms with Crippen LogP contribution in [-0.2, 0) is 11.3 Å². The number of hydrogen-bond acceptors (Lipinski definition) is 3. The van der Waals surface area contributed by atoms with Gasteiger partial charge in [-0.15, -0.1) is 11.3 Å². The third-order valence-corrected chi connectivity index (χ3v) is 4.98. The molecule has 1 atom stereocenters. The van der Waals surface area contributed by atoms with Gasteiger partial charge in [-0.1, -0.05) is 36.4 Å². The summed E-state index contributed by atoms with van der Waals surface area (Å²) in [5, 5.41) is 4.19. The highest BCUT2D eigenvalue weighted by molar-refractivity contribution is 7.80. The zero-order chi connectivity index (χ0) is 15.1. The summed E-state index contributed by atoms with van der Waals surface area (Å²) in [6.07, 6.45) is 0. The number of aromatic nitrogens is 1. The lowest BCUT2D eigenvalue weighted by Crippen LogP contribution is -2.03. The lowest BCUT2D eigenvalue weighted by Gasteiger charge is -2.09.